The van der Waals surface area contributed by atoms with Crippen LogP contribution in [0.4, 0.5) is 11.6 Å². The van der Waals surface area contributed by atoms with Crippen molar-refractivity contribution < 1.29 is 14.9 Å². The topological polar surface area (TPSA) is 131 Å². The van der Waals surface area contributed by atoms with Gasteiger partial charge in [0.15, 0.2) is 11.6 Å². The van der Waals surface area contributed by atoms with E-state index in [1.54, 1.807) is 0 Å². The van der Waals surface area contributed by atoms with Gasteiger partial charge < -0.3 is 30.6 Å². The number of nitrogen functional groups attached to an aromatic ring is 1. The van der Waals surface area contributed by atoms with Gasteiger partial charge in [-0.3, -0.25) is 0 Å². The maximum atomic E-state index is 10.8. The summed E-state index contributed by atoms with van der Waals surface area (Å²) in [6.07, 6.45) is 3.86. The van der Waals surface area contributed by atoms with Gasteiger partial charge in [0.2, 0.25) is 0 Å². The van der Waals surface area contributed by atoms with E-state index in [1.807, 2.05) is 22.9 Å². The average Bonchev–Trinajstić information content (AvgIpc) is 3.38. The van der Waals surface area contributed by atoms with Gasteiger partial charge in [0, 0.05) is 11.6 Å². The average molecular weight is 447 g/mol. The number of nitrogens with one attached hydrogen (secondary N) is 1. The summed E-state index contributed by atoms with van der Waals surface area (Å²) in [6.45, 7) is 1.40. The van der Waals surface area contributed by atoms with E-state index in [0.29, 0.717) is 24.5 Å². The lowest BCUT2D eigenvalue weighted by molar-refractivity contribution is 0.00545. The van der Waals surface area contributed by atoms with E-state index in [4.69, 9.17) is 15.5 Å². The molecule has 1 aromatic carbocycles. The standard InChI is InChI=1S/C24H26N6O3/c25-22-16-5-7-30(24(16)28-12-27-22)18-10-15(20(31)21(18)32)4-2-13-1-3-14-11-19-23(26-6-8-33-19)29-17(14)9-13/h1,3,5,7,9,11-12,15,18,20-21,31-32H,2,4,6,8,10H2,(H,26,29)(H2,25,27,28)/t15-,18+,20+,21-/m0/s1. The molecule has 1 aliphatic carbocycles. The normalized spacial score (nSPS) is 24.5. The lowest BCUT2D eigenvalue weighted by Gasteiger charge is -2.19. The number of aromatic nitrogens is 4. The van der Waals surface area contributed by atoms with Gasteiger partial charge in [-0.05, 0) is 48.9 Å². The number of hydrogen-bond acceptors (Lipinski definition) is 8. The molecule has 1 saturated carbocycles. The quantitative estimate of drug-likeness (QED) is 0.375. The van der Waals surface area contributed by atoms with E-state index in [-0.39, 0.29) is 12.0 Å². The molecule has 2 aliphatic rings. The van der Waals surface area contributed by atoms with Crippen LogP contribution in [0, 0.1) is 5.92 Å². The number of nitrogens with two attached hydrogens (primary N) is 1. The molecule has 3 aromatic heterocycles. The molecular weight excluding hydrogens is 420 g/mol. The van der Waals surface area contributed by atoms with Crippen LogP contribution in [0.15, 0.2) is 42.9 Å². The Morgan fingerprint density at radius 1 is 1.15 bits per heavy atom. The van der Waals surface area contributed by atoms with Crippen LogP contribution in [0.25, 0.3) is 21.9 Å². The van der Waals surface area contributed by atoms with Crippen molar-refractivity contribution >= 4 is 33.6 Å². The highest BCUT2D eigenvalue weighted by molar-refractivity contribution is 5.86. The third-order valence-corrected chi connectivity index (χ3v) is 6.97. The number of anilines is 2. The number of hydrogen-bond donors (Lipinski definition) is 4. The van der Waals surface area contributed by atoms with Crippen LogP contribution in [0.3, 0.4) is 0 Å². The van der Waals surface area contributed by atoms with Gasteiger partial charge >= 0.3 is 0 Å². The zero-order valence-electron chi connectivity index (χ0n) is 18.1. The molecule has 0 radical (unpaired) electrons. The highest BCUT2D eigenvalue weighted by Gasteiger charge is 2.42. The number of aryl methyl sites for hydroxylation is 1. The number of rotatable bonds is 4. The Hall–Kier alpha value is -3.43. The predicted molar refractivity (Wildman–Crippen MR) is 125 cm³/mol. The minimum absolute atomic E-state index is 0.0242. The highest BCUT2D eigenvalue weighted by Crippen LogP contribution is 2.40. The second-order valence-electron chi connectivity index (χ2n) is 8.94. The number of fused-ring (bicyclic) bond motifs is 3. The Morgan fingerprint density at radius 2 is 2.06 bits per heavy atom. The second-order valence-corrected chi connectivity index (χ2v) is 8.94. The minimum Gasteiger partial charge on any atom is -0.488 e. The summed E-state index contributed by atoms with van der Waals surface area (Å²) in [4.78, 5) is 13.1. The predicted octanol–water partition coefficient (Wildman–Crippen LogP) is 2.28. The maximum absolute atomic E-state index is 10.8. The third-order valence-electron chi connectivity index (χ3n) is 6.97. The van der Waals surface area contributed by atoms with E-state index in [0.717, 1.165) is 52.8 Å². The van der Waals surface area contributed by atoms with Crippen LogP contribution in [-0.4, -0.2) is 55.1 Å². The first-order chi connectivity index (χ1) is 16.1. The Kier molecular flexibility index (Phi) is 4.81. The molecule has 0 saturated heterocycles. The summed E-state index contributed by atoms with van der Waals surface area (Å²) < 4.78 is 7.60. The summed E-state index contributed by atoms with van der Waals surface area (Å²) in [6, 6.07) is 9.88. The zero-order valence-corrected chi connectivity index (χ0v) is 18.1. The van der Waals surface area contributed by atoms with Gasteiger partial charge in [0.25, 0.3) is 0 Å². The van der Waals surface area contributed by atoms with Crippen molar-refractivity contribution in [3.05, 3.63) is 48.4 Å². The molecule has 1 aliphatic heterocycles. The minimum atomic E-state index is -0.863. The Morgan fingerprint density at radius 3 is 2.97 bits per heavy atom. The van der Waals surface area contributed by atoms with E-state index >= 15 is 0 Å². The lowest BCUT2D eigenvalue weighted by Crippen LogP contribution is -2.29. The van der Waals surface area contributed by atoms with Crippen molar-refractivity contribution in [3.8, 4) is 5.75 Å². The van der Waals surface area contributed by atoms with Crippen LogP contribution in [-0.2, 0) is 6.42 Å². The van der Waals surface area contributed by atoms with Crippen LogP contribution in [0.2, 0.25) is 0 Å². The van der Waals surface area contributed by atoms with Crippen LogP contribution >= 0.6 is 0 Å². The van der Waals surface area contributed by atoms with Gasteiger partial charge in [-0.25, -0.2) is 15.0 Å². The van der Waals surface area contributed by atoms with Crippen molar-refractivity contribution in [2.24, 2.45) is 5.92 Å². The van der Waals surface area contributed by atoms with Crippen LogP contribution < -0.4 is 15.8 Å². The van der Waals surface area contributed by atoms with Gasteiger partial charge in [-0.2, -0.15) is 0 Å². The molecule has 1 fully saturated rings. The van der Waals surface area contributed by atoms with E-state index in [1.165, 1.54) is 6.33 Å². The molecule has 4 atom stereocenters. The Balaban J connectivity index is 1.20. The largest absolute Gasteiger partial charge is 0.488 e. The molecule has 9 nitrogen and oxygen atoms in total. The van der Waals surface area contributed by atoms with Crippen molar-refractivity contribution in [1.82, 2.24) is 19.5 Å². The molecule has 4 aromatic rings. The second kappa shape index (κ2) is 7.86. The zero-order chi connectivity index (χ0) is 22.5. The van der Waals surface area contributed by atoms with Crippen molar-refractivity contribution in [2.45, 2.75) is 37.5 Å². The summed E-state index contributed by atoms with van der Waals surface area (Å²) in [7, 11) is 0. The summed E-state index contributed by atoms with van der Waals surface area (Å²) in [5.41, 5.74) is 8.71. The van der Waals surface area contributed by atoms with Crippen molar-refractivity contribution in [3.63, 3.8) is 0 Å². The molecule has 0 spiro atoms. The maximum Gasteiger partial charge on any atom is 0.169 e. The molecule has 6 rings (SSSR count). The van der Waals surface area contributed by atoms with E-state index in [9.17, 15) is 10.2 Å². The fourth-order valence-corrected chi connectivity index (χ4v) is 5.19. The molecule has 9 heteroatoms. The molecular formula is C24H26N6O3. The van der Waals surface area contributed by atoms with Gasteiger partial charge in [-0.15, -0.1) is 0 Å². The fourth-order valence-electron chi connectivity index (χ4n) is 5.19. The van der Waals surface area contributed by atoms with Crippen LogP contribution in [0.1, 0.15) is 24.4 Å². The SMILES string of the molecule is Nc1ncnc2c1ccn2[C@@H]1C[C@H](CCc2ccc3cc4c(nc3c2)NCCO4)[C@@H](O)[C@H]1O. The molecule has 0 unspecified atom stereocenters. The fraction of sp³-hybridized carbons (Fsp3) is 0.375. The number of ether oxygens (including phenoxy) is 1. The monoisotopic (exact) mass is 446 g/mol. The molecule has 170 valence electrons. The Bertz CT molecular complexity index is 1340. The van der Waals surface area contributed by atoms with Gasteiger partial charge in [-0.1, -0.05) is 12.1 Å². The van der Waals surface area contributed by atoms with E-state index < -0.39 is 12.2 Å². The summed E-state index contributed by atoms with van der Waals surface area (Å²) in [5, 5.41) is 26.7. The first-order valence-electron chi connectivity index (χ1n) is 11.3. The van der Waals surface area contributed by atoms with Gasteiger partial charge in [0.1, 0.15) is 30.5 Å². The number of aliphatic hydroxyl groups excluding tert-OH is 2. The summed E-state index contributed by atoms with van der Waals surface area (Å²) in [5.74, 6) is 1.96. The molecule has 0 bridgehead atoms. The first kappa shape index (κ1) is 20.2. The van der Waals surface area contributed by atoms with Crippen molar-refractivity contribution in [2.75, 3.05) is 24.2 Å². The highest BCUT2D eigenvalue weighted by atomic mass is 16.5. The van der Waals surface area contributed by atoms with Crippen LogP contribution in [0.5, 0.6) is 5.75 Å². The lowest BCUT2D eigenvalue weighted by atomic mass is 9.95. The molecule has 4 heterocycles. The summed E-state index contributed by atoms with van der Waals surface area (Å²) >= 11 is 0. The number of aliphatic hydroxyl groups is 2. The molecule has 5 N–H and O–H groups in total. The smallest absolute Gasteiger partial charge is 0.169 e. The van der Waals surface area contributed by atoms with E-state index in [2.05, 4.69) is 33.5 Å². The number of pyridine rings is 1. The third kappa shape index (κ3) is 3.44. The number of benzene rings is 1. The first-order valence-corrected chi connectivity index (χ1v) is 11.3. The Labute approximate surface area is 190 Å². The number of nitrogens with zero attached hydrogens (tertiary/aromatic N) is 4. The van der Waals surface area contributed by atoms with Crippen molar-refractivity contribution in [1.29, 1.82) is 0 Å². The molecule has 0 amide bonds. The molecule has 33 heavy (non-hydrogen) atoms. The van der Waals surface area contributed by atoms with Gasteiger partial charge in [0.05, 0.1) is 29.6 Å².